The van der Waals surface area contributed by atoms with E-state index in [1.54, 1.807) is 6.07 Å². The van der Waals surface area contributed by atoms with E-state index in [9.17, 15) is 4.39 Å². The maximum atomic E-state index is 13.1. The number of hydrogen-bond acceptors (Lipinski definition) is 2. The molecule has 2 nitrogen and oxygen atoms in total. The van der Waals surface area contributed by atoms with Crippen LogP contribution in [0.25, 0.3) is 0 Å². The minimum Gasteiger partial charge on any atom is -0.313 e. The summed E-state index contributed by atoms with van der Waals surface area (Å²) >= 11 is 0. The molecule has 1 aliphatic rings. The van der Waals surface area contributed by atoms with E-state index in [2.05, 4.69) is 11.4 Å². The van der Waals surface area contributed by atoms with Crippen LogP contribution in [0.1, 0.15) is 49.7 Å². The van der Waals surface area contributed by atoms with Crippen molar-refractivity contribution in [3.8, 4) is 6.07 Å². The molecule has 2 rings (SSSR count). The molecule has 0 aliphatic heterocycles. The fraction of sp³-hybridized carbons (Fsp3) is 0.562. The van der Waals surface area contributed by atoms with Crippen LogP contribution >= 0.6 is 0 Å². The largest absolute Gasteiger partial charge is 0.313 e. The zero-order valence-electron chi connectivity index (χ0n) is 11.3. The SMILES string of the molecule is N#Cc1ccc(F)cc1CNCCCC1CCCC1. The minimum absolute atomic E-state index is 0.276. The summed E-state index contributed by atoms with van der Waals surface area (Å²) < 4.78 is 13.1. The van der Waals surface area contributed by atoms with Gasteiger partial charge in [0, 0.05) is 6.54 Å². The van der Waals surface area contributed by atoms with Crippen molar-refractivity contribution in [3.63, 3.8) is 0 Å². The zero-order valence-corrected chi connectivity index (χ0v) is 11.3. The third-order valence-electron chi connectivity index (χ3n) is 3.94. The highest BCUT2D eigenvalue weighted by Gasteiger charge is 2.13. The van der Waals surface area contributed by atoms with Crippen molar-refractivity contribution in [2.24, 2.45) is 5.92 Å². The van der Waals surface area contributed by atoms with Gasteiger partial charge in [0.15, 0.2) is 0 Å². The van der Waals surface area contributed by atoms with E-state index in [0.717, 1.165) is 18.0 Å². The van der Waals surface area contributed by atoms with Gasteiger partial charge in [-0.3, -0.25) is 0 Å². The molecular formula is C16H21FN2. The number of nitrogens with zero attached hydrogens (tertiary/aromatic N) is 1. The molecule has 19 heavy (non-hydrogen) atoms. The maximum absolute atomic E-state index is 13.1. The number of hydrogen-bond donors (Lipinski definition) is 1. The summed E-state index contributed by atoms with van der Waals surface area (Å²) in [7, 11) is 0. The molecular weight excluding hydrogens is 239 g/mol. The molecule has 1 aliphatic carbocycles. The molecule has 102 valence electrons. The Bertz CT molecular complexity index is 445. The molecule has 1 saturated carbocycles. The van der Waals surface area contributed by atoms with E-state index in [-0.39, 0.29) is 5.82 Å². The van der Waals surface area contributed by atoms with Gasteiger partial charge < -0.3 is 5.32 Å². The summed E-state index contributed by atoms with van der Waals surface area (Å²) in [5.41, 5.74) is 1.31. The van der Waals surface area contributed by atoms with Gasteiger partial charge >= 0.3 is 0 Å². The molecule has 0 bridgehead atoms. The van der Waals surface area contributed by atoms with Gasteiger partial charge in [-0.1, -0.05) is 25.7 Å². The first-order chi connectivity index (χ1) is 9.29. The van der Waals surface area contributed by atoms with Crippen LogP contribution in [-0.4, -0.2) is 6.54 Å². The highest BCUT2D eigenvalue weighted by Crippen LogP contribution is 2.28. The van der Waals surface area contributed by atoms with Gasteiger partial charge in [-0.05, 0) is 49.1 Å². The van der Waals surface area contributed by atoms with Crippen LogP contribution < -0.4 is 5.32 Å². The molecule has 0 unspecified atom stereocenters. The molecule has 0 spiro atoms. The van der Waals surface area contributed by atoms with Crippen LogP contribution in [0.5, 0.6) is 0 Å². The highest BCUT2D eigenvalue weighted by molar-refractivity contribution is 5.37. The molecule has 0 amide bonds. The van der Waals surface area contributed by atoms with Gasteiger partial charge in [0.25, 0.3) is 0 Å². The van der Waals surface area contributed by atoms with Gasteiger partial charge in [-0.2, -0.15) is 5.26 Å². The Morgan fingerprint density at radius 2 is 2.11 bits per heavy atom. The van der Waals surface area contributed by atoms with E-state index in [4.69, 9.17) is 5.26 Å². The molecule has 1 aromatic rings. The number of halogens is 1. The van der Waals surface area contributed by atoms with E-state index in [0.29, 0.717) is 12.1 Å². The first-order valence-electron chi connectivity index (χ1n) is 7.19. The van der Waals surface area contributed by atoms with Crippen LogP contribution in [0.3, 0.4) is 0 Å². The average Bonchev–Trinajstić information content (AvgIpc) is 2.92. The Labute approximate surface area is 114 Å². The molecule has 1 aromatic carbocycles. The van der Waals surface area contributed by atoms with Crippen LogP contribution in [0.2, 0.25) is 0 Å². The lowest BCUT2D eigenvalue weighted by molar-refractivity contribution is 0.470. The normalized spacial score (nSPS) is 15.6. The Kier molecular flexibility index (Phi) is 5.35. The predicted molar refractivity (Wildman–Crippen MR) is 74.0 cm³/mol. The topological polar surface area (TPSA) is 35.8 Å². The van der Waals surface area contributed by atoms with Gasteiger partial charge in [-0.25, -0.2) is 4.39 Å². The summed E-state index contributed by atoms with van der Waals surface area (Å²) in [6, 6.07) is 6.43. The monoisotopic (exact) mass is 260 g/mol. The summed E-state index contributed by atoms with van der Waals surface area (Å²) in [6.45, 7) is 1.52. The first kappa shape index (κ1) is 14.0. The van der Waals surface area contributed by atoms with Crippen LogP contribution in [0.15, 0.2) is 18.2 Å². The molecule has 1 N–H and O–H groups in total. The summed E-state index contributed by atoms with van der Waals surface area (Å²) in [5.74, 6) is 0.646. The molecule has 0 radical (unpaired) electrons. The Hall–Kier alpha value is -1.40. The quantitative estimate of drug-likeness (QED) is 0.790. The lowest BCUT2D eigenvalue weighted by atomic mass is 10.0. The standard InChI is InChI=1S/C16H21FN2/c17-16-8-7-14(11-18)15(10-16)12-19-9-3-6-13-4-1-2-5-13/h7-8,10,13,19H,1-6,9,12H2. The van der Waals surface area contributed by atoms with Crippen molar-refractivity contribution in [1.82, 2.24) is 5.32 Å². The van der Waals surface area contributed by atoms with E-state index < -0.39 is 0 Å². The van der Waals surface area contributed by atoms with Crippen molar-refractivity contribution >= 4 is 0 Å². The van der Waals surface area contributed by atoms with Crippen molar-refractivity contribution in [2.45, 2.75) is 45.1 Å². The van der Waals surface area contributed by atoms with Gasteiger partial charge in [-0.15, -0.1) is 0 Å². The first-order valence-corrected chi connectivity index (χ1v) is 7.19. The van der Waals surface area contributed by atoms with Crippen molar-refractivity contribution in [3.05, 3.63) is 35.1 Å². The van der Waals surface area contributed by atoms with Gasteiger partial charge in [0.2, 0.25) is 0 Å². The zero-order chi connectivity index (χ0) is 13.5. The number of nitriles is 1. The molecule has 0 atom stereocenters. The average molecular weight is 260 g/mol. The molecule has 0 heterocycles. The second-order valence-corrected chi connectivity index (χ2v) is 5.38. The van der Waals surface area contributed by atoms with E-state index in [1.165, 1.54) is 50.7 Å². The Morgan fingerprint density at radius 1 is 1.32 bits per heavy atom. The summed E-state index contributed by atoms with van der Waals surface area (Å²) in [6.07, 6.45) is 8.04. The number of benzene rings is 1. The molecule has 3 heteroatoms. The molecule has 1 fully saturated rings. The predicted octanol–water partition coefficient (Wildman–Crippen LogP) is 3.76. The van der Waals surface area contributed by atoms with Gasteiger partial charge in [0.05, 0.1) is 11.6 Å². The fourth-order valence-corrected chi connectivity index (χ4v) is 2.86. The van der Waals surface area contributed by atoms with Gasteiger partial charge in [0.1, 0.15) is 5.82 Å². The van der Waals surface area contributed by atoms with Crippen LogP contribution in [-0.2, 0) is 6.54 Å². The van der Waals surface area contributed by atoms with Crippen molar-refractivity contribution in [2.75, 3.05) is 6.54 Å². The lowest BCUT2D eigenvalue weighted by Crippen LogP contribution is -2.16. The number of nitrogens with one attached hydrogen (secondary N) is 1. The minimum atomic E-state index is -0.276. The third-order valence-corrected chi connectivity index (χ3v) is 3.94. The maximum Gasteiger partial charge on any atom is 0.123 e. The Morgan fingerprint density at radius 3 is 2.84 bits per heavy atom. The van der Waals surface area contributed by atoms with E-state index in [1.807, 2.05) is 0 Å². The summed E-state index contributed by atoms with van der Waals surface area (Å²) in [5, 5.41) is 12.3. The second kappa shape index (κ2) is 7.25. The van der Waals surface area contributed by atoms with Crippen molar-refractivity contribution in [1.29, 1.82) is 5.26 Å². The lowest BCUT2D eigenvalue weighted by Gasteiger charge is -2.10. The third kappa shape index (κ3) is 4.33. The van der Waals surface area contributed by atoms with E-state index >= 15 is 0 Å². The van der Waals surface area contributed by atoms with Crippen molar-refractivity contribution < 1.29 is 4.39 Å². The smallest absolute Gasteiger partial charge is 0.123 e. The number of rotatable bonds is 6. The molecule has 0 saturated heterocycles. The van der Waals surface area contributed by atoms with Crippen LogP contribution in [0, 0.1) is 23.1 Å². The Balaban J connectivity index is 1.70. The van der Waals surface area contributed by atoms with Crippen LogP contribution in [0.4, 0.5) is 4.39 Å². The molecule has 0 aromatic heterocycles. The summed E-state index contributed by atoms with van der Waals surface area (Å²) in [4.78, 5) is 0. The highest BCUT2D eigenvalue weighted by atomic mass is 19.1. The fourth-order valence-electron chi connectivity index (χ4n) is 2.86. The second-order valence-electron chi connectivity index (χ2n) is 5.38.